The van der Waals surface area contributed by atoms with Crippen molar-refractivity contribution in [3.8, 4) is 0 Å². The number of ketones is 1. The highest BCUT2D eigenvalue weighted by atomic mass is 16.2. The van der Waals surface area contributed by atoms with E-state index in [0.29, 0.717) is 12.5 Å². The molecule has 1 aliphatic rings. The Kier molecular flexibility index (Phi) is 4.57. The van der Waals surface area contributed by atoms with Gasteiger partial charge in [-0.3, -0.25) is 14.2 Å². The molecule has 0 atom stereocenters. The van der Waals surface area contributed by atoms with Gasteiger partial charge in [0.05, 0.1) is 5.56 Å². The second-order valence-electron chi connectivity index (χ2n) is 5.94. The van der Waals surface area contributed by atoms with Crippen molar-refractivity contribution in [1.82, 2.24) is 9.55 Å². The molecule has 1 aromatic rings. The molecule has 1 aromatic heterocycles. The van der Waals surface area contributed by atoms with Crippen molar-refractivity contribution in [1.29, 1.82) is 0 Å². The van der Waals surface area contributed by atoms with E-state index in [1.54, 1.807) is 0 Å². The van der Waals surface area contributed by atoms with E-state index in [1.165, 1.54) is 38.8 Å². The molecule has 0 amide bonds. The van der Waals surface area contributed by atoms with Crippen molar-refractivity contribution in [3.05, 3.63) is 32.6 Å². The molecule has 1 fully saturated rings. The molecule has 0 aromatic carbocycles. The molecule has 5 nitrogen and oxygen atoms in total. The van der Waals surface area contributed by atoms with E-state index in [-0.39, 0.29) is 11.3 Å². The molecule has 2 rings (SSSR count). The van der Waals surface area contributed by atoms with Crippen molar-refractivity contribution in [2.45, 2.75) is 52.5 Å². The van der Waals surface area contributed by atoms with Gasteiger partial charge in [-0.1, -0.05) is 32.6 Å². The van der Waals surface area contributed by atoms with Crippen LogP contribution in [-0.2, 0) is 6.54 Å². The Morgan fingerprint density at radius 2 is 1.95 bits per heavy atom. The SMILES string of the molecule is CC(=O)c1c[nH]c(=O)n(CCC2CCC(C)CC2)c1=O. The molecule has 0 radical (unpaired) electrons. The fourth-order valence-electron chi connectivity index (χ4n) is 2.90. The highest BCUT2D eigenvalue weighted by Gasteiger charge is 2.19. The molecule has 0 spiro atoms. The third kappa shape index (κ3) is 3.26. The normalized spacial score (nSPS) is 22.7. The monoisotopic (exact) mass is 278 g/mol. The fraction of sp³-hybridized carbons (Fsp3) is 0.667. The zero-order chi connectivity index (χ0) is 14.7. The second-order valence-corrected chi connectivity index (χ2v) is 5.94. The lowest BCUT2D eigenvalue weighted by Crippen LogP contribution is -2.38. The number of aromatic amines is 1. The average molecular weight is 278 g/mol. The van der Waals surface area contributed by atoms with Crippen LogP contribution in [0.2, 0.25) is 0 Å². The Labute approximate surface area is 118 Å². The number of hydrogen-bond acceptors (Lipinski definition) is 3. The van der Waals surface area contributed by atoms with Crippen molar-refractivity contribution in [3.63, 3.8) is 0 Å². The van der Waals surface area contributed by atoms with Crippen LogP contribution in [0, 0.1) is 11.8 Å². The Balaban J connectivity index is 2.10. The van der Waals surface area contributed by atoms with Crippen LogP contribution in [0.4, 0.5) is 0 Å². The minimum atomic E-state index is -0.467. The molecule has 5 heteroatoms. The zero-order valence-electron chi connectivity index (χ0n) is 12.1. The van der Waals surface area contributed by atoms with E-state index >= 15 is 0 Å². The van der Waals surface area contributed by atoms with Gasteiger partial charge in [-0.15, -0.1) is 0 Å². The highest BCUT2D eigenvalue weighted by Crippen LogP contribution is 2.30. The largest absolute Gasteiger partial charge is 0.328 e. The standard InChI is InChI=1S/C15H22N2O3/c1-10-3-5-12(6-4-10)7-8-17-14(19)13(11(2)18)9-16-15(17)20/h9-10,12H,3-8H2,1-2H3,(H,16,20). The van der Waals surface area contributed by atoms with Gasteiger partial charge in [0, 0.05) is 12.7 Å². The lowest BCUT2D eigenvalue weighted by Gasteiger charge is -2.26. The molecular formula is C15H22N2O3. The third-order valence-corrected chi connectivity index (χ3v) is 4.34. The summed E-state index contributed by atoms with van der Waals surface area (Å²) in [6.07, 6.45) is 6.83. The van der Waals surface area contributed by atoms with Crippen LogP contribution >= 0.6 is 0 Å². The third-order valence-electron chi connectivity index (χ3n) is 4.34. The summed E-state index contributed by atoms with van der Waals surface area (Å²) in [5.41, 5.74) is -0.837. The maximum absolute atomic E-state index is 12.1. The average Bonchev–Trinajstić information content (AvgIpc) is 2.40. The number of carbonyl (C=O) groups is 1. The smallest absolute Gasteiger partial charge is 0.313 e. The molecule has 1 heterocycles. The lowest BCUT2D eigenvalue weighted by atomic mass is 9.81. The van der Waals surface area contributed by atoms with Crippen LogP contribution in [0.25, 0.3) is 0 Å². The maximum Gasteiger partial charge on any atom is 0.328 e. The molecule has 1 aliphatic carbocycles. The number of aromatic nitrogens is 2. The molecule has 1 saturated carbocycles. The Morgan fingerprint density at radius 3 is 2.55 bits per heavy atom. The van der Waals surface area contributed by atoms with Gasteiger partial charge in [-0.2, -0.15) is 0 Å². The number of rotatable bonds is 4. The highest BCUT2D eigenvalue weighted by molar-refractivity contribution is 5.93. The lowest BCUT2D eigenvalue weighted by molar-refractivity contribution is 0.101. The van der Waals surface area contributed by atoms with E-state index in [9.17, 15) is 14.4 Å². The molecule has 0 bridgehead atoms. The molecule has 0 saturated heterocycles. The van der Waals surface area contributed by atoms with Crippen molar-refractivity contribution in [2.75, 3.05) is 0 Å². The van der Waals surface area contributed by atoms with Gasteiger partial charge >= 0.3 is 5.69 Å². The topological polar surface area (TPSA) is 71.9 Å². The predicted molar refractivity (Wildman–Crippen MR) is 77.1 cm³/mol. The van der Waals surface area contributed by atoms with E-state index in [2.05, 4.69) is 11.9 Å². The zero-order valence-corrected chi connectivity index (χ0v) is 12.1. The maximum atomic E-state index is 12.1. The van der Waals surface area contributed by atoms with Crippen LogP contribution in [0.15, 0.2) is 15.8 Å². The van der Waals surface area contributed by atoms with Crippen molar-refractivity contribution in [2.24, 2.45) is 11.8 Å². The van der Waals surface area contributed by atoms with Crippen LogP contribution in [0.5, 0.6) is 0 Å². The van der Waals surface area contributed by atoms with E-state index in [1.807, 2.05) is 0 Å². The van der Waals surface area contributed by atoms with Gasteiger partial charge in [0.15, 0.2) is 5.78 Å². The molecule has 110 valence electrons. The summed E-state index contributed by atoms with van der Waals surface area (Å²) >= 11 is 0. The quantitative estimate of drug-likeness (QED) is 0.856. The van der Waals surface area contributed by atoms with Crippen LogP contribution in [-0.4, -0.2) is 15.3 Å². The first kappa shape index (κ1) is 14.8. The Hall–Kier alpha value is -1.65. The van der Waals surface area contributed by atoms with Crippen molar-refractivity contribution >= 4 is 5.78 Å². The minimum absolute atomic E-state index is 0.0573. The molecule has 0 aliphatic heterocycles. The Bertz CT molecular complexity index is 592. The summed E-state index contributed by atoms with van der Waals surface area (Å²) < 4.78 is 1.16. The van der Waals surface area contributed by atoms with E-state index < -0.39 is 11.2 Å². The molecular weight excluding hydrogens is 256 g/mol. The van der Waals surface area contributed by atoms with Gasteiger partial charge < -0.3 is 4.98 Å². The molecule has 0 unspecified atom stereocenters. The first-order chi connectivity index (χ1) is 9.49. The number of H-pyrrole nitrogens is 1. The van der Waals surface area contributed by atoms with Gasteiger partial charge in [-0.25, -0.2) is 4.79 Å². The van der Waals surface area contributed by atoms with Gasteiger partial charge in [-0.05, 0) is 25.2 Å². The number of Topliss-reactive ketones (excluding diaryl/α,β-unsaturated/α-hetero) is 1. The van der Waals surface area contributed by atoms with Gasteiger partial charge in [0.1, 0.15) is 0 Å². The predicted octanol–water partition coefficient (Wildman–Crippen LogP) is 1.96. The minimum Gasteiger partial charge on any atom is -0.313 e. The summed E-state index contributed by atoms with van der Waals surface area (Å²) in [6.45, 7) is 4.00. The van der Waals surface area contributed by atoms with Crippen LogP contribution in [0.1, 0.15) is 56.3 Å². The van der Waals surface area contributed by atoms with Crippen LogP contribution in [0.3, 0.4) is 0 Å². The van der Waals surface area contributed by atoms with E-state index in [4.69, 9.17) is 0 Å². The van der Waals surface area contributed by atoms with Gasteiger partial charge in [0.2, 0.25) is 0 Å². The molecule has 1 N–H and O–H groups in total. The molecule has 20 heavy (non-hydrogen) atoms. The second kappa shape index (κ2) is 6.20. The number of nitrogens with zero attached hydrogens (tertiary/aromatic N) is 1. The number of nitrogens with one attached hydrogen (secondary N) is 1. The van der Waals surface area contributed by atoms with Crippen molar-refractivity contribution < 1.29 is 4.79 Å². The summed E-state index contributed by atoms with van der Waals surface area (Å²) in [5, 5.41) is 0. The first-order valence-corrected chi connectivity index (χ1v) is 7.32. The van der Waals surface area contributed by atoms with Crippen LogP contribution < -0.4 is 11.2 Å². The number of carbonyl (C=O) groups excluding carboxylic acids is 1. The number of hydrogen-bond donors (Lipinski definition) is 1. The summed E-state index contributed by atoms with van der Waals surface area (Å²) in [7, 11) is 0. The summed E-state index contributed by atoms with van der Waals surface area (Å²) in [5.74, 6) is 1.06. The summed E-state index contributed by atoms with van der Waals surface area (Å²) in [4.78, 5) is 37.6. The van der Waals surface area contributed by atoms with Gasteiger partial charge in [0.25, 0.3) is 5.56 Å². The van der Waals surface area contributed by atoms with E-state index in [0.717, 1.165) is 16.9 Å². The first-order valence-electron chi connectivity index (χ1n) is 7.32. The Morgan fingerprint density at radius 1 is 1.30 bits per heavy atom. The summed E-state index contributed by atoms with van der Waals surface area (Å²) in [6, 6.07) is 0. The fourth-order valence-corrected chi connectivity index (χ4v) is 2.90.